The third-order valence-corrected chi connectivity index (χ3v) is 3.12. The monoisotopic (exact) mass is 276 g/mol. The lowest BCUT2D eigenvalue weighted by molar-refractivity contribution is 0.102. The molecule has 0 aliphatic carbocycles. The van der Waals surface area contributed by atoms with E-state index < -0.39 is 0 Å². The predicted octanol–water partition coefficient (Wildman–Crippen LogP) is 2.77. The Morgan fingerprint density at radius 3 is 2.76 bits per heavy atom. The van der Waals surface area contributed by atoms with Crippen LogP contribution in [0.15, 0.2) is 48.8 Å². The molecule has 1 N–H and O–H groups in total. The van der Waals surface area contributed by atoms with Gasteiger partial charge in [0.25, 0.3) is 5.91 Å². The molecule has 102 valence electrons. The first kappa shape index (κ1) is 12.9. The quantitative estimate of drug-likeness (QED) is 0.782. The first-order chi connectivity index (χ1) is 10.2. The van der Waals surface area contributed by atoms with Crippen LogP contribution in [0.1, 0.15) is 21.6 Å². The number of nitrogens with one attached hydrogen (secondary N) is 1. The Morgan fingerprint density at radius 1 is 1.29 bits per heavy atom. The first-order valence-corrected chi connectivity index (χ1v) is 6.42. The molecule has 0 saturated heterocycles. The molecule has 3 rings (SSSR count). The number of hydrogen-bond acceptors (Lipinski definition) is 3. The maximum absolute atomic E-state index is 12.2. The lowest BCUT2D eigenvalue weighted by atomic mass is 10.2. The average molecular weight is 276 g/mol. The van der Waals surface area contributed by atoms with E-state index in [1.165, 1.54) is 0 Å². The highest BCUT2D eigenvalue weighted by molar-refractivity contribution is 6.03. The number of rotatable bonds is 2. The van der Waals surface area contributed by atoms with E-state index in [9.17, 15) is 4.79 Å². The van der Waals surface area contributed by atoms with Crippen molar-refractivity contribution >= 4 is 17.2 Å². The Hall–Kier alpha value is -3.13. The number of pyridine rings is 1. The second-order valence-corrected chi connectivity index (χ2v) is 4.74. The van der Waals surface area contributed by atoms with Gasteiger partial charge in [-0.2, -0.15) is 5.26 Å². The molecule has 5 heteroatoms. The molecule has 0 fully saturated rings. The number of anilines is 1. The first-order valence-electron chi connectivity index (χ1n) is 6.42. The number of carbonyl (C=O) groups is 1. The highest BCUT2D eigenvalue weighted by Gasteiger charge is 2.11. The summed E-state index contributed by atoms with van der Waals surface area (Å²) in [6.45, 7) is 1.98. The van der Waals surface area contributed by atoms with Gasteiger partial charge in [-0.25, -0.2) is 4.98 Å². The van der Waals surface area contributed by atoms with Crippen molar-refractivity contribution in [1.82, 2.24) is 9.38 Å². The van der Waals surface area contributed by atoms with Crippen LogP contribution in [0.25, 0.3) is 5.65 Å². The zero-order valence-corrected chi connectivity index (χ0v) is 11.4. The van der Waals surface area contributed by atoms with Crippen molar-refractivity contribution in [2.75, 3.05) is 5.32 Å². The lowest BCUT2D eigenvalue weighted by Crippen LogP contribution is -2.12. The minimum atomic E-state index is -0.277. The van der Waals surface area contributed by atoms with Gasteiger partial charge in [0.15, 0.2) is 0 Å². The molecule has 1 amide bonds. The van der Waals surface area contributed by atoms with Crippen molar-refractivity contribution in [1.29, 1.82) is 5.26 Å². The molecule has 0 atom stereocenters. The van der Waals surface area contributed by atoms with Gasteiger partial charge in [0.2, 0.25) is 0 Å². The number of amides is 1. The van der Waals surface area contributed by atoms with Crippen molar-refractivity contribution in [2.45, 2.75) is 6.92 Å². The van der Waals surface area contributed by atoms with E-state index in [1.807, 2.05) is 31.3 Å². The maximum Gasteiger partial charge on any atom is 0.275 e. The van der Waals surface area contributed by atoms with Crippen molar-refractivity contribution in [3.63, 3.8) is 0 Å². The van der Waals surface area contributed by atoms with Crippen LogP contribution in [0.2, 0.25) is 0 Å². The van der Waals surface area contributed by atoms with Crippen molar-refractivity contribution < 1.29 is 4.79 Å². The van der Waals surface area contributed by atoms with Gasteiger partial charge in [-0.3, -0.25) is 4.79 Å². The van der Waals surface area contributed by atoms with E-state index in [4.69, 9.17) is 5.26 Å². The molecule has 21 heavy (non-hydrogen) atoms. The molecule has 2 heterocycles. The van der Waals surface area contributed by atoms with Gasteiger partial charge in [0.05, 0.1) is 11.6 Å². The molecule has 0 saturated carbocycles. The van der Waals surface area contributed by atoms with Crippen molar-refractivity contribution in [2.24, 2.45) is 0 Å². The number of imidazole rings is 1. The number of carbonyl (C=O) groups excluding carboxylic acids is 1. The number of benzene rings is 1. The Balaban J connectivity index is 1.84. The third kappa shape index (κ3) is 2.60. The Bertz CT molecular complexity index is 856. The van der Waals surface area contributed by atoms with E-state index in [0.29, 0.717) is 16.9 Å². The molecular weight excluding hydrogens is 264 g/mol. The van der Waals surface area contributed by atoms with Gasteiger partial charge < -0.3 is 9.72 Å². The number of aromatic nitrogens is 2. The maximum atomic E-state index is 12.2. The molecular formula is C16H12N4O. The summed E-state index contributed by atoms with van der Waals surface area (Å²) < 4.78 is 1.81. The molecule has 0 bridgehead atoms. The fraction of sp³-hybridized carbons (Fsp3) is 0.0625. The van der Waals surface area contributed by atoms with Gasteiger partial charge in [-0.05, 0) is 48.9 Å². The van der Waals surface area contributed by atoms with Gasteiger partial charge in [-0.1, -0.05) is 0 Å². The van der Waals surface area contributed by atoms with Gasteiger partial charge in [0, 0.05) is 18.1 Å². The molecule has 0 unspecified atom stereocenters. The molecule has 5 nitrogen and oxygen atoms in total. The zero-order chi connectivity index (χ0) is 14.8. The molecule has 0 radical (unpaired) electrons. The summed E-state index contributed by atoms with van der Waals surface area (Å²) >= 11 is 0. The summed E-state index contributed by atoms with van der Waals surface area (Å²) in [5, 5.41) is 11.5. The third-order valence-electron chi connectivity index (χ3n) is 3.12. The Kier molecular flexibility index (Phi) is 3.13. The summed E-state index contributed by atoms with van der Waals surface area (Å²) in [5.41, 5.74) is 3.36. The van der Waals surface area contributed by atoms with E-state index in [0.717, 1.165) is 11.2 Å². The largest absolute Gasteiger partial charge is 0.321 e. The minimum absolute atomic E-state index is 0.277. The number of aryl methyl sites for hydroxylation is 1. The second-order valence-electron chi connectivity index (χ2n) is 4.74. The van der Waals surface area contributed by atoms with Crippen LogP contribution < -0.4 is 5.32 Å². The topological polar surface area (TPSA) is 70.2 Å². The average Bonchev–Trinajstić information content (AvgIpc) is 2.91. The van der Waals surface area contributed by atoms with E-state index in [1.54, 1.807) is 34.9 Å². The van der Waals surface area contributed by atoms with Crippen LogP contribution in [-0.4, -0.2) is 15.3 Å². The van der Waals surface area contributed by atoms with E-state index in [2.05, 4.69) is 10.3 Å². The molecule has 1 aromatic carbocycles. The smallest absolute Gasteiger partial charge is 0.275 e. The van der Waals surface area contributed by atoms with E-state index in [-0.39, 0.29) is 5.91 Å². The molecule has 0 spiro atoms. The summed E-state index contributed by atoms with van der Waals surface area (Å²) in [5.74, 6) is -0.277. The van der Waals surface area contributed by atoms with Crippen LogP contribution in [0, 0.1) is 18.3 Å². The van der Waals surface area contributed by atoms with Crippen molar-refractivity contribution in [3.8, 4) is 6.07 Å². The van der Waals surface area contributed by atoms with Crippen LogP contribution in [0.5, 0.6) is 0 Å². The van der Waals surface area contributed by atoms with Gasteiger partial charge in [-0.15, -0.1) is 0 Å². The highest BCUT2D eigenvalue weighted by Crippen LogP contribution is 2.12. The predicted molar refractivity (Wildman–Crippen MR) is 79.0 cm³/mol. The zero-order valence-electron chi connectivity index (χ0n) is 11.4. The summed E-state index contributed by atoms with van der Waals surface area (Å²) in [4.78, 5) is 16.5. The highest BCUT2D eigenvalue weighted by atomic mass is 16.1. The standard InChI is InChI=1S/C16H12N4O/c1-11-6-7-20-10-14(19-15(20)8-11)16(21)18-13-4-2-12(9-17)3-5-13/h2-8,10H,1H3,(H,18,21). The molecule has 3 aromatic rings. The number of hydrogen-bond donors (Lipinski definition) is 1. The summed E-state index contributed by atoms with van der Waals surface area (Å²) in [6.07, 6.45) is 3.56. The normalized spacial score (nSPS) is 10.3. The lowest BCUT2D eigenvalue weighted by Gasteiger charge is -2.02. The van der Waals surface area contributed by atoms with Gasteiger partial charge in [0.1, 0.15) is 11.3 Å². The fourth-order valence-electron chi connectivity index (χ4n) is 2.02. The number of fused-ring (bicyclic) bond motifs is 1. The van der Waals surface area contributed by atoms with Crippen LogP contribution in [0.4, 0.5) is 5.69 Å². The molecule has 0 aliphatic rings. The molecule has 2 aromatic heterocycles. The van der Waals surface area contributed by atoms with Gasteiger partial charge >= 0.3 is 0 Å². The van der Waals surface area contributed by atoms with E-state index >= 15 is 0 Å². The van der Waals surface area contributed by atoms with Crippen LogP contribution >= 0.6 is 0 Å². The minimum Gasteiger partial charge on any atom is -0.321 e. The van der Waals surface area contributed by atoms with Crippen LogP contribution in [-0.2, 0) is 0 Å². The Labute approximate surface area is 121 Å². The molecule has 0 aliphatic heterocycles. The Morgan fingerprint density at radius 2 is 2.05 bits per heavy atom. The number of nitriles is 1. The number of nitrogens with zero attached hydrogens (tertiary/aromatic N) is 3. The van der Waals surface area contributed by atoms with Crippen molar-refractivity contribution in [3.05, 3.63) is 65.6 Å². The summed E-state index contributed by atoms with van der Waals surface area (Å²) in [7, 11) is 0. The SMILES string of the molecule is Cc1ccn2cc(C(=O)Nc3ccc(C#N)cc3)nc2c1. The fourth-order valence-corrected chi connectivity index (χ4v) is 2.02. The summed E-state index contributed by atoms with van der Waals surface area (Å²) in [6, 6.07) is 12.6. The second kappa shape index (κ2) is 5.10. The van der Waals surface area contributed by atoms with Crippen LogP contribution in [0.3, 0.4) is 0 Å².